The number of aliphatic hydroxyl groups is 1. The fourth-order valence-electron chi connectivity index (χ4n) is 1.42. The van der Waals surface area contributed by atoms with Crippen LogP contribution in [0.25, 0.3) is 0 Å². The van der Waals surface area contributed by atoms with Crippen LogP contribution in [0.2, 0.25) is 25.7 Å². The van der Waals surface area contributed by atoms with E-state index in [1.165, 1.54) is 19.0 Å². The smallest absolute Gasteiger partial charge is 0.102 e. The zero-order valence-electron chi connectivity index (χ0n) is 12.6. The van der Waals surface area contributed by atoms with Gasteiger partial charge < -0.3 is 43.5 Å². The Hall–Kier alpha value is 0.337. The lowest BCUT2D eigenvalue weighted by Crippen LogP contribution is -3.00. The van der Waals surface area contributed by atoms with Crippen molar-refractivity contribution in [3.05, 3.63) is 0 Å². The zero-order valence-corrected chi connectivity index (χ0v) is 15.8. The van der Waals surface area contributed by atoms with Crippen LogP contribution in [0.1, 0.15) is 13.3 Å². The molecule has 0 rings (SSSR count). The maximum Gasteiger partial charge on any atom is 0.102 e. The number of carboxylic acid groups (broad SMARTS) is 1. The van der Waals surface area contributed by atoms with E-state index in [-0.39, 0.29) is 24.0 Å². The number of rotatable bonds is 6. The molecule has 0 aliphatic heterocycles. The molecule has 0 radical (unpaired) electrons. The first kappa shape index (κ1) is 23.4. The molecule has 0 aliphatic carbocycles. The summed E-state index contributed by atoms with van der Waals surface area (Å²) in [7, 11) is 3.54. The number of aliphatic hydroxyl groups excluding tert-OH is 1. The molecule has 0 unspecified atom stereocenters. The fraction of sp³-hybridized carbons (Fsp3) is 0.917. The molecule has 0 saturated carbocycles. The Kier molecular flexibility index (Phi) is 14.6. The average molecular weight is 390 g/mol. The van der Waals surface area contributed by atoms with Crippen molar-refractivity contribution in [2.45, 2.75) is 39.0 Å². The molecule has 0 spiro atoms. The lowest BCUT2D eigenvalue weighted by atomic mass is 10.4. The number of carbonyl (C=O) groups excluding carboxylic acids is 1. The number of halogens is 1. The van der Waals surface area contributed by atoms with Gasteiger partial charge in [-0.05, 0) is 13.3 Å². The second-order valence-corrected chi connectivity index (χ2v) is 11.9. The summed E-state index contributed by atoms with van der Waals surface area (Å²) >= 11 is 0. The molecule has 1 N–H and O–H groups in total. The van der Waals surface area contributed by atoms with Crippen molar-refractivity contribution in [1.29, 1.82) is 0 Å². The molecule has 4 nitrogen and oxygen atoms in total. The largest absolute Gasteiger partial charge is 1.00 e. The summed E-state index contributed by atoms with van der Waals surface area (Å²) in [5, 5.41) is 17.7. The molecule has 0 heterocycles. The summed E-state index contributed by atoms with van der Waals surface area (Å²) in [5.74, 6) is -1.08. The van der Waals surface area contributed by atoms with Crippen molar-refractivity contribution < 1.29 is 43.5 Å². The number of nitrogens with zero attached hydrogens (tertiary/aromatic N) is 1. The Balaban J connectivity index is -0.000000392. The van der Waals surface area contributed by atoms with E-state index < -0.39 is 14.0 Å². The van der Waals surface area contributed by atoms with Crippen LogP contribution in [-0.4, -0.2) is 57.4 Å². The van der Waals surface area contributed by atoms with Crippen LogP contribution >= 0.6 is 0 Å². The Bertz CT molecular complexity index is 214. The first-order valence-corrected chi connectivity index (χ1v) is 9.81. The molecule has 0 fully saturated rings. The lowest BCUT2D eigenvalue weighted by molar-refractivity contribution is -0.890. The van der Waals surface area contributed by atoms with Gasteiger partial charge in [-0.2, -0.15) is 0 Å². The molecule has 0 bridgehead atoms. The van der Waals surface area contributed by atoms with Crippen molar-refractivity contribution in [3.8, 4) is 0 Å². The topological polar surface area (TPSA) is 60.4 Å². The summed E-state index contributed by atoms with van der Waals surface area (Å²) in [6.45, 7) is 10.6. The normalized spacial score (nSPS) is 11.1. The van der Waals surface area contributed by atoms with Gasteiger partial charge in [-0.25, -0.2) is 0 Å². The molecular formula is C12H29INO3Si-. The monoisotopic (exact) mass is 390 g/mol. The Morgan fingerprint density at radius 3 is 1.89 bits per heavy atom. The fourth-order valence-corrected chi connectivity index (χ4v) is 2.64. The third-order valence-corrected chi connectivity index (χ3v) is 4.25. The van der Waals surface area contributed by atoms with Gasteiger partial charge in [0.15, 0.2) is 0 Å². The van der Waals surface area contributed by atoms with Crippen molar-refractivity contribution in [2.24, 2.45) is 0 Å². The molecule has 0 aromatic carbocycles. The van der Waals surface area contributed by atoms with E-state index in [4.69, 9.17) is 15.0 Å². The predicted molar refractivity (Wildman–Crippen MR) is 72.4 cm³/mol. The molecule has 0 aliphatic rings. The number of hydrogen-bond donors (Lipinski definition) is 1. The van der Waals surface area contributed by atoms with Crippen molar-refractivity contribution in [1.82, 2.24) is 0 Å². The molecule has 0 aromatic rings. The van der Waals surface area contributed by atoms with Crippen LogP contribution in [0, 0.1) is 0 Å². The van der Waals surface area contributed by atoms with Crippen molar-refractivity contribution in [3.63, 3.8) is 0 Å². The number of likely N-dealkylation sites (N-methyl/N-ethyl adjacent to an activating group) is 1. The second kappa shape index (κ2) is 11.2. The molecule has 112 valence electrons. The van der Waals surface area contributed by atoms with Gasteiger partial charge in [-0.3, -0.25) is 0 Å². The zero-order chi connectivity index (χ0) is 14.1. The number of carboxylic acids is 1. The van der Waals surface area contributed by atoms with Gasteiger partial charge in [0.25, 0.3) is 0 Å². The van der Waals surface area contributed by atoms with E-state index in [9.17, 15) is 0 Å². The number of carbonyl (C=O) groups is 1. The Morgan fingerprint density at radius 1 is 1.22 bits per heavy atom. The van der Waals surface area contributed by atoms with Crippen molar-refractivity contribution in [2.75, 3.05) is 33.8 Å². The van der Waals surface area contributed by atoms with Crippen LogP contribution in [0.15, 0.2) is 0 Å². The predicted octanol–water partition coefficient (Wildman–Crippen LogP) is -2.46. The van der Waals surface area contributed by atoms with Crippen LogP contribution < -0.4 is 29.1 Å². The minimum absolute atomic E-state index is 0. The number of aliphatic carboxylic acids is 1. The highest BCUT2D eigenvalue weighted by atomic mass is 127. The van der Waals surface area contributed by atoms with E-state index in [0.29, 0.717) is 6.61 Å². The summed E-state index contributed by atoms with van der Waals surface area (Å²) in [6.07, 6.45) is 1.31. The van der Waals surface area contributed by atoms with Gasteiger partial charge >= 0.3 is 0 Å². The van der Waals surface area contributed by atoms with Crippen LogP contribution in [-0.2, 0) is 4.79 Å². The summed E-state index contributed by atoms with van der Waals surface area (Å²) < 4.78 is 0.959. The van der Waals surface area contributed by atoms with E-state index >= 15 is 0 Å². The minimum Gasteiger partial charge on any atom is -1.00 e. The van der Waals surface area contributed by atoms with Gasteiger partial charge in [0, 0.05) is 14.0 Å². The average Bonchev–Trinajstić information content (AvgIpc) is 1.98. The van der Waals surface area contributed by atoms with Crippen LogP contribution in [0.3, 0.4) is 0 Å². The van der Waals surface area contributed by atoms with Gasteiger partial charge in [0.05, 0.1) is 27.2 Å². The number of quaternary nitrogens is 1. The highest BCUT2D eigenvalue weighted by molar-refractivity contribution is 6.76. The van der Waals surface area contributed by atoms with Crippen LogP contribution in [0.5, 0.6) is 0 Å². The highest BCUT2D eigenvalue weighted by Gasteiger charge is 2.17. The summed E-state index contributed by atoms with van der Waals surface area (Å²) in [4.78, 5) is 8.89. The third-order valence-electron chi connectivity index (χ3n) is 2.40. The van der Waals surface area contributed by atoms with Gasteiger partial charge in [0.1, 0.15) is 6.54 Å². The molecule has 18 heavy (non-hydrogen) atoms. The molecule has 6 heteroatoms. The summed E-state index contributed by atoms with van der Waals surface area (Å²) in [6, 6.07) is 1.40. The van der Waals surface area contributed by atoms with E-state index in [0.717, 1.165) is 18.0 Å². The second-order valence-electron chi connectivity index (χ2n) is 6.26. The first-order valence-electron chi connectivity index (χ1n) is 6.10. The van der Waals surface area contributed by atoms with Gasteiger partial charge in [-0.15, -0.1) is 0 Å². The third kappa shape index (κ3) is 25.2. The SMILES string of the molecule is CC(=O)[O-].C[N+](C)(CCO)CCC[Si](C)(C)C.[I-]. The summed E-state index contributed by atoms with van der Waals surface area (Å²) in [5.41, 5.74) is 0. The van der Waals surface area contributed by atoms with E-state index in [1.54, 1.807) is 0 Å². The van der Waals surface area contributed by atoms with E-state index in [1.807, 2.05) is 0 Å². The molecule has 0 saturated heterocycles. The molecule has 0 atom stereocenters. The van der Waals surface area contributed by atoms with Gasteiger partial charge in [0.2, 0.25) is 0 Å². The molecule has 0 amide bonds. The first-order chi connectivity index (χ1) is 7.50. The Morgan fingerprint density at radius 2 is 1.61 bits per heavy atom. The van der Waals surface area contributed by atoms with Gasteiger partial charge in [-0.1, -0.05) is 25.7 Å². The molecular weight excluding hydrogens is 361 g/mol. The lowest BCUT2D eigenvalue weighted by Gasteiger charge is -2.30. The van der Waals surface area contributed by atoms with Crippen LogP contribution in [0.4, 0.5) is 0 Å². The maximum absolute atomic E-state index is 8.89. The number of hydrogen-bond acceptors (Lipinski definition) is 3. The Labute approximate surface area is 130 Å². The quantitative estimate of drug-likeness (QED) is 0.311. The maximum atomic E-state index is 8.89. The highest BCUT2D eigenvalue weighted by Crippen LogP contribution is 2.12. The van der Waals surface area contributed by atoms with E-state index in [2.05, 4.69) is 33.7 Å². The minimum atomic E-state index is -1.08. The molecule has 0 aromatic heterocycles. The van der Waals surface area contributed by atoms with Crippen molar-refractivity contribution >= 4 is 14.0 Å². The standard InChI is InChI=1S/C10H26NOSi.C2H4O2.HI/c1-11(2,8-9-12)7-6-10-13(3,4)5;1-2(3)4;/h12H,6-10H2,1-5H3;1H3,(H,3,4);1H/q+1;;/p-2.